The number of hydrogen-bond donors (Lipinski definition) is 1. The molecule has 2 amide bonds. The van der Waals surface area contributed by atoms with E-state index in [1.807, 2.05) is 31.2 Å². The minimum Gasteiger partial charge on any atom is -0.494 e. The molecule has 0 aliphatic rings. The average Bonchev–Trinajstić information content (AvgIpc) is 2.92. The van der Waals surface area contributed by atoms with E-state index in [-0.39, 0.29) is 17.3 Å². The quantitative estimate of drug-likeness (QED) is 0.327. The molecule has 3 rings (SSSR count). The molecule has 0 unspecified atom stereocenters. The van der Waals surface area contributed by atoms with Crippen LogP contribution < -0.4 is 14.4 Å². The number of anilines is 1. The fourth-order valence-corrected chi connectivity index (χ4v) is 5.51. The Hall–Kier alpha value is -3.37. The second kappa shape index (κ2) is 13.4. The molecule has 0 bridgehead atoms. The molecule has 0 aromatic heterocycles. The Labute approximate surface area is 232 Å². The molecule has 1 atom stereocenters. The standard InChI is InChI=1S/C28H32BrN3O5S/c1-4-30-28(34)21(3)31(19-22-11-13-23(29)14-12-22)27(33)20-32(24-15-17-25(18-16-24)37-5-2)38(35,36)26-9-7-6-8-10-26/h6-18,21H,4-5,19-20H2,1-3H3,(H,30,34)/t21-/m0/s1. The molecule has 0 aliphatic heterocycles. The lowest BCUT2D eigenvalue weighted by Gasteiger charge is -2.32. The first-order valence-electron chi connectivity index (χ1n) is 12.3. The van der Waals surface area contributed by atoms with E-state index in [9.17, 15) is 18.0 Å². The Morgan fingerprint density at radius 2 is 1.58 bits per heavy atom. The highest BCUT2D eigenvalue weighted by Crippen LogP contribution is 2.26. The molecule has 0 heterocycles. The Balaban J connectivity index is 2.01. The molecule has 3 aromatic rings. The summed E-state index contributed by atoms with van der Waals surface area (Å²) in [5.41, 5.74) is 1.11. The largest absolute Gasteiger partial charge is 0.494 e. The second-order valence-electron chi connectivity index (χ2n) is 8.47. The minimum absolute atomic E-state index is 0.0536. The van der Waals surface area contributed by atoms with Crippen LogP contribution in [0.1, 0.15) is 26.3 Å². The molecule has 1 N–H and O–H groups in total. The molecule has 3 aromatic carbocycles. The third-order valence-corrected chi connectivity index (χ3v) is 8.15. The van der Waals surface area contributed by atoms with Crippen molar-refractivity contribution in [2.24, 2.45) is 0 Å². The van der Waals surface area contributed by atoms with E-state index in [4.69, 9.17) is 4.74 Å². The normalized spacial score (nSPS) is 11.9. The third-order valence-electron chi connectivity index (χ3n) is 5.83. The van der Waals surface area contributed by atoms with Crippen LogP contribution in [0.5, 0.6) is 5.75 Å². The molecule has 8 nitrogen and oxygen atoms in total. The lowest BCUT2D eigenvalue weighted by molar-refractivity contribution is -0.139. The highest BCUT2D eigenvalue weighted by Gasteiger charge is 2.32. The first-order valence-corrected chi connectivity index (χ1v) is 14.5. The zero-order valence-electron chi connectivity index (χ0n) is 21.6. The predicted octanol–water partition coefficient (Wildman–Crippen LogP) is 4.60. The van der Waals surface area contributed by atoms with Crippen LogP contribution in [0.4, 0.5) is 5.69 Å². The van der Waals surface area contributed by atoms with Crippen LogP contribution in [0.25, 0.3) is 0 Å². The number of rotatable bonds is 12. The van der Waals surface area contributed by atoms with Crippen LogP contribution in [-0.4, -0.2) is 50.9 Å². The molecule has 0 saturated carbocycles. The van der Waals surface area contributed by atoms with Crippen molar-refractivity contribution < 1.29 is 22.7 Å². The molecule has 10 heteroatoms. The van der Waals surface area contributed by atoms with Crippen molar-refractivity contribution >= 4 is 43.5 Å². The highest BCUT2D eigenvalue weighted by molar-refractivity contribution is 9.10. The molecule has 0 saturated heterocycles. The first-order chi connectivity index (χ1) is 18.2. The highest BCUT2D eigenvalue weighted by atomic mass is 79.9. The van der Waals surface area contributed by atoms with Crippen molar-refractivity contribution in [3.8, 4) is 5.75 Å². The summed E-state index contributed by atoms with van der Waals surface area (Å²) in [6.45, 7) is 5.80. The molecule has 0 fully saturated rings. The summed E-state index contributed by atoms with van der Waals surface area (Å²) in [6, 6.07) is 21.0. The first kappa shape index (κ1) is 29.2. The van der Waals surface area contributed by atoms with Crippen molar-refractivity contribution in [2.45, 2.75) is 38.3 Å². The van der Waals surface area contributed by atoms with E-state index in [1.165, 1.54) is 17.0 Å². The predicted molar refractivity (Wildman–Crippen MR) is 151 cm³/mol. The Morgan fingerprint density at radius 1 is 0.947 bits per heavy atom. The molecule has 0 aliphatic carbocycles. The fraction of sp³-hybridized carbons (Fsp3) is 0.286. The molecular weight excluding hydrogens is 570 g/mol. The lowest BCUT2D eigenvalue weighted by Crippen LogP contribution is -2.51. The number of nitrogens with zero attached hydrogens (tertiary/aromatic N) is 2. The number of halogens is 1. The summed E-state index contributed by atoms with van der Waals surface area (Å²) in [5.74, 6) is -0.252. The SMILES string of the molecule is CCNC(=O)[C@H](C)N(Cc1ccc(Br)cc1)C(=O)CN(c1ccc(OCC)cc1)S(=O)(=O)c1ccccc1. The zero-order valence-corrected chi connectivity index (χ0v) is 24.0. The summed E-state index contributed by atoms with van der Waals surface area (Å²) in [4.78, 5) is 28.0. The Bertz CT molecular complexity index is 1320. The number of carbonyl (C=O) groups is 2. The monoisotopic (exact) mass is 601 g/mol. The van der Waals surface area contributed by atoms with Crippen molar-refractivity contribution in [3.05, 3.63) is 88.9 Å². The molecule has 202 valence electrons. The summed E-state index contributed by atoms with van der Waals surface area (Å²) in [6.07, 6.45) is 0. The van der Waals surface area contributed by atoms with Gasteiger partial charge in [-0.05, 0) is 74.9 Å². The molecule has 38 heavy (non-hydrogen) atoms. The van der Waals surface area contributed by atoms with Gasteiger partial charge in [-0.2, -0.15) is 0 Å². The third kappa shape index (κ3) is 7.35. The smallest absolute Gasteiger partial charge is 0.264 e. The van der Waals surface area contributed by atoms with Gasteiger partial charge in [0.15, 0.2) is 0 Å². The van der Waals surface area contributed by atoms with Gasteiger partial charge in [-0.15, -0.1) is 0 Å². The maximum absolute atomic E-state index is 13.8. The number of carbonyl (C=O) groups excluding carboxylic acids is 2. The zero-order chi connectivity index (χ0) is 27.7. The maximum Gasteiger partial charge on any atom is 0.264 e. The van der Waals surface area contributed by atoms with E-state index >= 15 is 0 Å². The van der Waals surface area contributed by atoms with Crippen LogP contribution in [0.15, 0.2) is 88.2 Å². The van der Waals surface area contributed by atoms with Crippen LogP contribution in [0.3, 0.4) is 0 Å². The maximum atomic E-state index is 13.8. The van der Waals surface area contributed by atoms with Crippen molar-refractivity contribution in [1.82, 2.24) is 10.2 Å². The van der Waals surface area contributed by atoms with E-state index in [0.29, 0.717) is 24.6 Å². The fourth-order valence-electron chi connectivity index (χ4n) is 3.81. The van der Waals surface area contributed by atoms with Gasteiger partial charge in [0.1, 0.15) is 18.3 Å². The van der Waals surface area contributed by atoms with Crippen LogP contribution >= 0.6 is 15.9 Å². The van der Waals surface area contributed by atoms with Crippen LogP contribution in [0.2, 0.25) is 0 Å². The number of ether oxygens (including phenoxy) is 1. The van der Waals surface area contributed by atoms with E-state index in [1.54, 1.807) is 56.3 Å². The molecule has 0 radical (unpaired) electrons. The van der Waals surface area contributed by atoms with Crippen molar-refractivity contribution in [2.75, 3.05) is 24.0 Å². The van der Waals surface area contributed by atoms with Crippen LogP contribution in [0, 0.1) is 0 Å². The summed E-state index contributed by atoms with van der Waals surface area (Å²) in [7, 11) is -4.10. The average molecular weight is 603 g/mol. The van der Waals surface area contributed by atoms with Gasteiger partial charge in [-0.1, -0.05) is 46.3 Å². The topological polar surface area (TPSA) is 96.0 Å². The summed E-state index contributed by atoms with van der Waals surface area (Å²) >= 11 is 3.40. The molecular formula is C28H32BrN3O5S. The van der Waals surface area contributed by atoms with E-state index in [0.717, 1.165) is 14.3 Å². The summed E-state index contributed by atoms with van der Waals surface area (Å²) in [5, 5.41) is 2.75. The van der Waals surface area contributed by atoms with Gasteiger partial charge < -0.3 is 15.0 Å². The number of nitrogens with one attached hydrogen (secondary N) is 1. The van der Waals surface area contributed by atoms with Gasteiger partial charge in [-0.25, -0.2) is 8.42 Å². The number of hydrogen-bond acceptors (Lipinski definition) is 5. The number of benzene rings is 3. The Kier molecular flexibility index (Phi) is 10.3. The lowest BCUT2D eigenvalue weighted by atomic mass is 10.1. The van der Waals surface area contributed by atoms with Gasteiger partial charge >= 0.3 is 0 Å². The minimum atomic E-state index is -4.10. The van der Waals surface area contributed by atoms with Crippen molar-refractivity contribution in [3.63, 3.8) is 0 Å². The van der Waals surface area contributed by atoms with Gasteiger partial charge in [0.2, 0.25) is 11.8 Å². The van der Waals surface area contributed by atoms with Gasteiger partial charge in [0, 0.05) is 17.6 Å². The van der Waals surface area contributed by atoms with Gasteiger partial charge in [0.05, 0.1) is 17.2 Å². The number of amides is 2. The second-order valence-corrected chi connectivity index (χ2v) is 11.2. The number of likely N-dealkylation sites (N-methyl/N-ethyl adjacent to an activating group) is 1. The van der Waals surface area contributed by atoms with Gasteiger partial charge in [0.25, 0.3) is 10.0 Å². The molecule has 0 spiro atoms. The van der Waals surface area contributed by atoms with Gasteiger partial charge in [-0.3, -0.25) is 13.9 Å². The number of sulfonamides is 1. The van der Waals surface area contributed by atoms with E-state index in [2.05, 4.69) is 21.2 Å². The Morgan fingerprint density at radius 3 is 2.16 bits per heavy atom. The van der Waals surface area contributed by atoms with Crippen molar-refractivity contribution in [1.29, 1.82) is 0 Å². The van der Waals surface area contributed by atoms with Crippen LogP contribution in [-0.2, 0) is 26.2 Å². The summed E-state index contributed by atoms with van der Waals surface area (Å²) < 4.78 is 34.9. The van der Waals surface area contributed by atoms with E-state index < -0.39 is 28.5 Å².